The largest absolute Gasteiger partial charge is 0.382 e. The van der Waals surface area contributed by atoms with E-state index in [1.807, 2.05) is 0 Å². The molecule has 0 aromatic heterocycles. The Morgan fingerprint density at radius 2 is 1.50 bits per heavy atom. The number of methoxy groups -OCH3 is 1. The molecule has 110 valence electrons. The van der Waals surface area contributed by atoms with Crippen molar-refractivity contribution >= 4 is 0 Å². The van der Waals surface area contributed by atoms with Gasteiger partial charge in [0, 0.05) is 13.7 Å². The number of hydrogen-bond acceptors (Lipinski definition) is 4. The maximum Gasteiger partial charge on any atom is 0.0701 e. The van der Waals surface area contributed by atoms with Crippen molar-refractivity contribution in [3.8, 4) is 0 Å². The Bertz CT molecular complexity index is 180. The van der Waals surface area contributed by atoms with Crippen LogP contribution in [0.2, 0.25) is 0 Å². The highest BCUT2D eigenvalue weighted by atomic mass is 16.5. The fourth-order valence-corrected chi connectivity index (χ4v) is 1.23. The molecule has 18 heavy (non-hydrogen) atoms. The van der Waals surface area contributed by atoms with Gasteiger partial charge >= 0.3 is 0 Å². The summed E-state index contributed by atoms with van der Waals surface area (Å²) in [6.45, 7) is 14.3. The van der Waals surface area contributed by atoms with Crippen molar-refractivity contribution in [1.29, 1.82) is 0 Å². The number of rotatable bonds is 11. The second-order valence-corrected chi connectivity index (χ2v) is 5.69. The van der Waals surface area contributed by atoms with Crippen molar-refractivity contribution in [3.63, 3.8) is 0 Å². The van der Waals surface area contributed by atoms with Crippen molar-refractivity contribution in [2.24, 2.45) is 11.3 Å². The van der Waals surface area contributed by atoms with Gasteiger partial charge in [-0.1, -0.05) is 27.7 Å². The highest BCUT2D eigenvalue weighted by Crippen LogP contribution is 2.24. The van der Waals surface area contributed by atoms with Crippen molar-refractivity contribution in [1.82, 2.24) is 5.32 Å². The zero-order valence-electron chi connectivity index (χ0n) is 12.8. The third kappa shape index (κ3) is 11.0. The zero-order chi connectivity index (χ0) is 13.9. The predicted octanol–water partition coefficient (Wildman–Crippen LogP) is 1.94. The van der Waals surface area contributed by atoms with Crippen molar-refractivity contribution in [3.05, 3.63) is 0 Å². The van der Waals surface area contributed by atoms with Crippen LogP contribution < -0.4 is 5.32 Å². The standard InChI is InChI=1S/C14H31NO3/c1-13(14(2,3)4)12-15-6-7-17-10-11-18-9-8-16-5/h13,15H,6-12H2,1-5H3. The van der Waals surface area contributed by atoms with Crippen LogP contribution in [0.3, 0.4) is 0 Å². The predicted molar refractivity (Wildman–Crippen MR) is 75.0 cm³/mol. The van der Waals surface area contributed by atoms with E-state index in [1.165, 1.54) is 0 Å². The monoisotopic (exact) mass is 261 g/mol. The Balaban J connectivity index is 3.17. The van der Waals surface area contributed by atoms with E-state index in [2.05, 4.69) is 33.0 Å². The van der Waals surface area contributed by atoms with Crippen LogP contribution in [-0.4, -0.2) is 53.2 Å². The van der Waals surface area contributed by atoms with Crippen LogP contribution in [0.1, 0.15) is 27.7 Å². The van der Waals surface area contributed by atoms with Crippen molar-refractivity contribution < 1.29 is 14.2 Å². The molecule has 0 saturated heterocycles. The number of nitrogens with one attached hydrogen (secondary N) is 1. The molecule has 0 aromatic carbocycles. The first-order chi connectivity index (χ1) is 8.48. The van der Waals surface area contributed by atoms with Crippen LogP contribution in [-0.2, 0) is 14.2 Å². The molecule has 0 fully saturated rings. The summed E-state index contributed by atoms with van der Waals surface area (Å²) in [7, 11) is 1.67. The summed E-state index contributed by atoms with van der Waals surface area (Å²) in [6, 6.07) is 0. The third-order valence-electron chi connectivity index (χ3n) is 3.16. The molecule has 1 unspecified atom stereocenters. The molecule has 4 nitrogen and oxygen atoms in total. The van der Waals surface area contributed by atoms with Gasteiger partial charge in [0.25, 0.3) is 0 Å². The molecule has 0 aliphatic heterocycles. The first-order valence-corrected chi connectivity index (χ1v) is 6.83. The van der Waals surface area contributed by atoms with E-state index in [1.54, 1.807) is 7.11 Å². The SMILES string of the molecule is COCCOCCOCCNCC(C)C(C)(C)C. The number of hydrogen-bond donors (Lipinski definition) is 1. The molecule has 4 heteroatoms. The molecule has 1 atom stereocenters. The van der Waals surface area contributed by atoms with Gasteiger partial charge in [-0.25, -0.2) is 0 Å². The summed E-state index contributed by atoms with van der Waals surface area (Å²) in [6.07, 6.45) is 0. The summed E-state index contributed by atoms with van der Waals surface area (Å²) in [5, 5.41) is 3.42. The van der Waals surface area contributed by atoms with Gasteiger partial charge in [0.15, 0.2) is 0 Å². The maximum atomic E-state index is 5.45. The van der Waals surface area contributed by atoms with Crippen LogP contribution in [0.5, 0.6) is 0 Å². The highest BCUT2D eigenvalue weighted by Gasteiger charge is 2.18. The summed E-state index contributed by atoms with van der Waals surface area (Å²) in [4.78, 5) is 0. The van der Waals surface area contributed by atoms with Gasteiger partial charge in [0.1, 0.15) is 0 Å². The second kappa shape index (κ2) is 10.7. The zero-order valence-corrected chi connectivity index (χ0v) is 12.8. The maximum absolute atomic E-state index is 5.45. The fourth-order valence-electron chi connectivity index (χ4n) is 1.23. The Hall–Kier alpha value is -0.160. The van der Waals surface area contributed by atoms with E-state index in [4.69, 9.17) is 14.2 Å². The Labute approximate surface area is 112 Å². The lowest BCUT2D eigenvalue weighted by Gasteiger charge is -2.27. The lowest BCUT2D eigenvalue weighted by Crippen LogP contribution is -2.31. The minimum absolute atomic E-state index is 0.364. The van der Waals surface area contributed by atoms with Crippen LogP contribution in [0, 0.1) is 11.3 Å². The van der Waals surface area contributed by atoms with E-state index in [0.717, 1.165) is 19.7 Å². The van der Waals surface area contributed by atoms with E-state index in [9.17, 15) is 0 Å². The highest BCUT2D eigenvalue weighted by molar-refractivity contribution is 4.71. The summed E-state index contributed by atoms with van der Waals surface area (Å²) in [5.41, 5.74) is 0.364. The van der Waals surface area contributed by atoms with E-state index in [-0.39, 0.29) is 0 Å². The van der Waals surface area contributed by atoms with Crippen molar-refractivity contribution in [2.45, 2.75) is 27.7 Å². The molecule has 1 N–H and O–H groups in total. The smallest absolute Gasteiger partial charge is 0.0701 e. The summed E-state index contributed by atoms with van der Waals surface area (Å²) < 4.78 is 15.6. The van der Waals surface area contributed by atoms with Gasteiger partial charge in [-0.3, -0.25) is 0 Å². The second-order valence-electron chi connectivity index (χ2n) is 5.69. The van der Waals surface area contributed by atoms with Crippen LogP contribution in [0.4, 0.5) is 0 Å². The third-order valence-corrected chi connectivity index (χ3v) is 3.16. The normalized spacial score (nSPS) is 13.8. The van der Waals surface area contributed by atoms with Gasteiger partial charge in [0.2, 0.25) is 0 Å². The Morgan fingerprint density at radius 3 is 2.06 bits per heavy atom. The lowest BCUT2D eigenvalue weighted by molar-refractivity contribution is 0.0253. The molecule has 0 aliphatic carbocycles. The molecular weight excluding hydrogens is 230 g/mol. The van der Waals surface area contributed by atoms with Crippen molar-refractivity contribution in [2.75, 3.05) is 53.2 Å². The molecule has 0 spiro atoms. The minimum atomic E-state index is 0.364. The molecule has 0 aliphatic rings. The van der Waals surface area contributed by atoms with E-state index < -0.39 is 0 Å². The fraction of sp³-hybridized carbons (Fsp3) is 1.00. The van der Waals surface area contributed by atoms with Gasteiger partial charge in [-0.05, 0) is 17.9 Å². The molecular formula is C14H31NO3. The number of ether oxygens (including phenoxy) is 3. The first-order valence-electron chi connectivity index (χ1n) is 6.83. The average molecular weight is 261 g/mol. The molecule has 0 rings (SSSR count). The van der Waals surface area contributed by atoms with E-state index in [0.29, 0.717) is 37.8 Å². The van der Waals surface area contributed by atoms with Gasteiger partial charge in [-0.15, -0.1) is 0 Å². The Kier molecular flexibility index (Phi) is 10.6. The average Bonchev–Trinajstić information content (AvgIpc) is 2.30. The van der Waals surface area contributed by atoms with Crippen LogP contribution in [0.15, 0.2) is 0 Å². The molecule has 0 amide bonds. The molecule has 0 heterocycles. The van der Waals surface area contributed by atoms with Crippen LogP contribution >= 0.6 is 0 Å². The van der Waals surface area contributed by atoms with E-state index >= 15 is 0 Å². The van der Waals surface area contributed by atoms with Crippen LogP contribution in [0.25, 0.3) is 0 Å². The van der Waals surface area contributed by atoms with Gasteiger partial charge in [0.05, 0.1) is 33.0 Å². The molecule has 0 bridgehead atoms. The molecule has 0 saturated carbocycles. The summed E-state index contributed by atoms with van der Waals surface area (Å²) >= 11 is 0. The van der Waals surface area contributed by atoms with Gasteiger partial charge < -0.3 is 19.5 Å². The minimum Gasteiger partial charge on any atom is -0.382 e. The molecule has 0 radical (unpaired) electrons. The first kappa shape index (κ1) is 17.8. The Morgan fingerprint density at radius 1 is 0.944 bits per heavy atom. The lowest BCUT2D eigenvalue weighted by atomic mass is 9.82. The van der Waals surface area contributed by atoms with Gasteiger partial charge in [-0.2, -0.15) is 0 Å². The molecule has 0 aromatic rings. The quantitative estimate of drug-likeness (QED) is 0.577. The summed E-state index contributed by atoms with van der Waals surface area (Å²) in [5.74, 6) is 0.662. The topological polar surface area (TPSA) is 39.7 Å².